The number of nitriles is 2. The number of hydrogen-bond acceptors (Lipinski definition) is 2. The van der Waals surface area contributed by atoms with E-state index >= 15 is 0 Å². The Kier molecular flexibility index (Phi) is 15.7. The predicted molar refractivity (Wildman–Crippen MR) is 312 cm³/mol. The van der Waals surface area contributed by atoms with E-state index in [2.05, 4.69) is 0 Å². The Morgan fingerprint density at radius 3 is 0.796 bits per heavy atom. The van der Waals surface area contributed by atoms with Gasteiger partial charge >= 0.3 is 49.4 Å². The lowest BCUT2D eigenvalue weighted by atomic mass is 9.95. The monoisotopic (exact) mass is 1380 g/mol. The number of halogens is 24. The van der Waals surface area contributed by atoms with Crippen LogP contribution in [0, 0.1) is 22.7 Å². The van der Waals surface area contributed by atoms with Gasteiger partial charge in [-0.1, -0.05) is 84.9 Å². The molecule has 28 heteroatoms. The Bertz CT molecular complexity index is 5090. The minimum atomic E-state index is -5.51. The van der Waals surface area contributed by atoms with Crippen molar-refractivity contribution in [2.45, 2.75) is 49.4 Å². The molecule has 0 bridgehead atoms. The van der Waals surface area contributed by atoms with Crippen molar-refractivity contribution in [2.75, 3.05) is 0 Å². The minimum Gasteiger partial charge on any atom is -0.309 e. The van der Waals surface area contributed by atoms with E-state index in [1.165, 1.54) is 36.4 Å². The molecule has 12 aromatic rings. The summed E-state index contributed by atoms with van der Waals surface area (Å²) in [5.41, 5.74) is -22.5. The van der Waals surface area contributed by atoms with Gasteiger partial charge in [0.1, 0.15) is 6.07 Å². The van der Waals surface area contributed by atoms with Gasteiger partial charge in [0.2, 0.25) is 0 Å². The number of hydrogen-bond donors (Lipinski definition) is 0. The van der Waals surface area contributed by atoms with Gasteiger partial charge in [0.25, 0.3) is 0 Å². The third kappa shape index (κ3) is 12.1. The van der Waals surface area contributed by atoms with Gasteiger partial charge in [-0.15, -0.1) is 0 Å². The summed E-state index contributed by atoms with van der Waals surface area (Å²) < 4.78 is 350. The zero-order valence-corrected chi connectivity index (χ0v) is 48.2. The standard InChI is InChI=1S/C70H30F24N4/c71-63(72,73)40-8-16-44(53(26-40)67(83,84)85)35-4-12-48-49-13-5-36(45-17-9-41(64(74,75)76)27-54(45)68(86,87)88)22-59(49)97(58(48)21-35)57-30-52(34-3-1-2-33(20-34)31-95)62(25-39(57)32-96)98-60-23-37(46-18-10-42(65(77,78)79)28-55(46)69(89,90)91)6-14-50(60)51-15-7-38(24-61(51)98)47-19-11-43(66(80,81)82)29-56(47)70(92,93)94/h1-30H. The zero-order valence-electron chi connectivity index (χ0n) is 48.2. The second-order valence-electron chi connectivity index (χ2n) is 22.3. The molecule has 498 valence electrons. The molecule has 0 amide bonds. The SMILES string of the molecule is N#Cc1cccc(-c2cc(-n3c4cc(-c5ccc(C(F)(F)F)cc5C(F)(F)F)ccc4c4ccc(-c5ccc(C(F)(F)F)cc5C(F)(F)F)cc43)c(C#N)cc2-n2c3cc(-c4ccc(C(F)(F)F)cc4C(F)(F)F)ccc3c3ccc(-c4ccc(C(F)(F)F)cc4C(F)(F)F)cc32)c1. The summed E-state index contributed by atoms with van der Waals surface area (Å²) in [6.45, 7) is 0. The van der Waals surface area contributed by atoms with Gasteiger partial charge in [-0.2, -0.15) is 116 Å². The van der Waals surface area contributed by atoms with E-state index < -0.39 is 150 Å². The molecule has 0 aliphatic heterocycles. The van der Waals surface area contributed by atoms with Crippen molar-refractivity contribution < 1.29 is 105 Å². The minimum absolute atomic E-state index is 0.0102. The van der Waals surface area contributed by atoms with Crippen LogP contribution in [0.15, 0.2) is 182 Å². The van der Waals surface area contributed by atoms with Crippen LogP contribution >= 0.6 is 0 Å². The van der Waals surface area contributed by atoms with Crippen molar-refractivity contribution >= 4 is 43.6 Å². The fraction of sp³-hybridized carbons (Fsp3) is 0.114. The van der Waals surface area contributed by atoms with E-state index in [9.17, 15) is 116 Å². The lowest BCUT2D eigenvalue weighted by Gasteiger charge is -2.20. The molecule has 0 fully saturated rings. The van der Waals surface area contributed by atoms with E-state index in [4.69, 9.17) is 0 Å². The summed E-state index contributed by atoms with van der Waals surface area (Å²) in [4.78, 5) is 0. The molecule has 0 unspecified atom stereocenters. The van der Waals surface area contributed by atoms with Crippen molar-refractivity contribution in [3.8, 4) is 79.1 Å². The lowest BCUT2D eigenvalue weighted by Crippen LogP contribution is -2.12. The van der Waals surface area contributed by atoms with Gasteiger partial charge in [0.15, 0.2) is 0 Å². The fourth-order valence-electron chi connectivity index (χ4n) is 12.1. The number of alkyl halides is 24. The van der Waals surface area contributed by atoms with Gasteiger partial charge in [0, 0.05) is 27.1 Å². The molecule has 2 aromatic heterocycles. The Morgan fingerprint density at radius 1 is 0.245 bits per heavy atom. The maximum atomic E-state index is 15.0. The Hall–Kier alpha value is -10.9. The van der Waals surface area contributed by atoms with E-state index in [0.717, 1.165) is 81.9 Å². The molecule has 0 saturated heterocycles. The summed E-state index contributed by atoms with van der Waals surface area (Å²) in [7, 11) is 0. The molecule has 12 rings (SSSR count). The number of benzene rings is 10. The first kappa shape index (κ1) is 67.1. The summed E-state index contributed by atoms with van der Waals surface area (Å²) in [5.74, 6) is 0. The van der Waals surface area contributed by atoms with Gasteiger partial charge in [-0.05, 0) is 147 Å². The zero-order chi connectivity index (χ0) is 71.1. The van der Waals surface area contributed by atoms with Crippen LogP contribution in [0.4, 0.5) is 105 Å². The van der Waals surface area contributed by atoms with Gasteiger partial charge < -0.3 is 9.13 Å². The molecule has 98 heavy (non-hydrogen) atoms. The molecule has 2 heterocycles. The molecule has 0 aliphatic rings. The molecule has 0 N–H and O–H groups in total. The summed E-state index contributed by atoms with van der Waals surface area (Å²) in [5, 5.41) is 21.7. The van der Waals surface area contributed by atoms with Crippen LogP contribution in [0.5, 0.6) is 0 Å². The second-order valence-corrected chi connectivity index (χ2v) is 22.3. The van der Waals surface area contributed by atoms with Crippen molar-refractivity contribution in [1.29, 1.82) is 10.5 Å². The molecule has 0 aliphatic carbocycles. The largest absolute Gasteiger partial charge is 0.417 e. The van der Waals surface area contributed by atoms with E-state index in [1.54, 1.807) is 0 Å². The quantitative estimate of drug-likeness (QED) is 0.149. The highest BCUT2D eigenvalue weighted by Crippen LogP contribution is 2.50. The number of fused-ring (bicyclic) bond motifs is 6. The van der Waals surface area contributed by atoms with Crippen LogP contribution in [-0.2, 0) is 49.4 Å². The maximum absolute atomic E-state index is 15.0. The first-order chi connectivity index (χ1) is 45.5. The molecule has 0 radical (unpaired) electrons. The molecular formula is C70H30F24N4. The van der Waals surface area contributed by atoms with E-state index in [-0.39, 0.29) is 90.3 Å². The van der Waals surface area contributed by atoms with Crippen molar-refractivity contribution in [1.82, 2.24) is 9.13 Å². The molecule has 0 spiro atoms. The topological polar surface area (TPSA) is 57.4 Å². The highest BCUT2D eigenvalue weighted by atomic mass is 19.4. The maximum Gasteiger partial charge on any atom is 0.417 e. The van der Waals surface area contributed by atoms with Crippen LogP contribution in [0.2, 0.25) is 0 Å². The Labute approximate surface area is 533 Å². The van der Waals surface area contributed by atoms with Gasteiger partial charge in [-0.3, -0.25) is 0 Å². The van der Waals surface area contributed by atoms with Crippen molar-refractivity contribution in [2.24, 2.45) is 0 Å². The summed E-state index contributed by atoms with van der Waals surface area (Å²) >= 11 is 0. The Morgan fingerprint density at radius 2 is 0.531 bits per heavy atom. The first-order valence-corrected chi connectivity index (χ1v) is 28.0. The predicted octanol–water partition coefficient (Wildman–Crippen LogP) is 24.1. The number of nitrogens with zero attached hydrogens (tertiary/aromatic N) is 4. The molecule has 10 aromatic carbocycles. The third-order valence-corrected chi connectivity index (χ3v) is 16.4. The second kappa shape index (κ2) is 22.9. The highest BCUT2D eigenvalue weighted by Gasteiger charge is 2.43. The van der Waals surface area contributed by atoms with Crippen molar-refractivity contribution in [3.63, 3.8) is 0 Å². The molecular weight excluding hydrogens is 1350 g/mol. The summed E-state index contributed by atoms with van der Waals surface area (Å²) in [6.07, 6.45) is -43.3. The number of aromatic nitrogens is 2. The van der Waals surface area contributed by atoms with Crippen LogP contribution in [0.3, 0.4) is 0 Å². The molecule has 0 atom stereocenters. The van der Waals surface area contributed by atoms with Gasteiger partial charge in [-0.25, -0.2) is 0 Å². The molecule has 4 nitrogen and oxygen atoms in total. The van der Waals surface area contributed by atoms with Gasteiger partial charge in [0.05, 0.1) is 95.1 Å². The van der Waals surface area contributed by atoms with Crippen LogP contribution in [-0.4, -0.2) is 9.13 Å². The third-order valence-electron chi connectivity index (χ3n) is 16.4. The summed E-state index contributed by atoms with van der Waals surface area (Å²) in [6, 6.07) is 26.7. The lowest BCUT2D eigenvalue weighted by molar-refractivity contribution is -0.144. The average molecular weight is 1380 g/mol. The van der Waals surface area contributed by atoms with Crippen LogP contribution < -0.4 is 0 Å². The molecule has 0 saturated carbocycles. The van der Waals surface area contributed by atoms with Crippen LogP contribution in [0.1, 0.15) is 55.6 Å². The fourth-order valence-corrected chi connectivity index (χ4v) is 12.1. The normalized spacial score (nSPS) is 13.1. The van der Waals surface area contributed by atoms with E-state index in [0.29, 0.717) is 48.5 Å². The van der Waals surface area contributed by atoms with Crippen molar-refractivity contribution in [3.05, 3.63) is 238 Å². The van der Waals surface area contributed by atoms with E-state index in [1.807, 2.05) is 12.1 Å². The Balaban J connectivity index is 1.23. The highest BCUT2D eigenvalue weighted by molar-refractivity contribution is 6.13. The smallest absolute Gasteiger partial charge is 0.309 e. The average Bonchev–Trinajstić information content (AvgIpc) is 1.55. The number of rotatable bonds is 7. The first-order valence-electron chi connectivity index (χ1n) is 28.0. The van der Waals surface area contributed by atoms with Crippen LogP contribution in [0.25, 0.3) is 111 Å².